The van der Waals surface area contributed by atoms with E-state index < -0.39 is 4.92 Å². The largest absolute Gasteiger partial charge is 0.321 e. The first kappa shape index (κ1) is 14.1. The molecule has 1 aromatic rings. The van der Waals surface area contributed by atoms with Gasteiger partial charge < -0.3 is 5.32 Å². The van der Waals surface area contributed by atoms with Crippen molar-refractivity contribution in [2.75, 3.05) is 11.1 Å². The van der Waals surface area contributed by atoms with Crippen molar-refractivity contribution >= 4 is 29.9 Å². The highest BCUT2D eigenvalue weighted by Crippen LogP contribution is 2.25. The van der Waals surface area contributed by atoms with Crippen LogP contribution >= 0.6 is 12.6 Å². The summed E-state index contributed by atoms with van der Waals surface area (Å²) in [6.07, 6.45) is 0.615. The maximum Gasteiger partial charge on any atom is 0.293 e. The number of anilines is 1. The van der Waals surface area contributed by atoms with Gasteiger partial charge >= 0.3 is 0 Å². The summed E-state index contributed by atoms with van der Waals surface area (Å²) in [6, 6.07) is 4.45. The highest BCUT2D eigenvalue weighted by Gasteiger charge is 2.14. The van der Waals surface area contributed by atoms with E-state index in [0.29, 0.717) is 17.7 Å². The van der Waals surface area contributed by atoms with Gasteiger partial charge in [-0.1, -0.05) is 11.8 Å². The Morgan fingerprint density at radius 1 is 1.56 bits per heavy atom. The number of thiol groups is 1. The molecule has 0 heterocycles. The normalized spacial score (nSPS) is 9.22. The lowest BCUT2D eigenvalue weighted by molar-refractivity contribution is -0.383. The molecule has 1 N–H and O–H groups in total. The highest BCUT2D eigenvalue weighted by atomic mass is 32.1. The van der Waals surface area contributed by atoms with Crippen LogP contribution in [0.3, 0.4) is 0 Å². The summed E-state index contributed by atoms with van der Waals surface area (Å²) in [5, 5.41) is 13.3. The van der Waals surface area contributed by atoms with E-state index in [1.165, 1.54) is 19.1 Å². The average molecular weight is 264 g/mol. The maximum absolute atomic E-state index is 10.9. The molecule has 18 heavy (non-hydrogen) atoms. The van der Waals surface area contributed by atoms with Crippen LogP contribution in [0.4, 0.5) is 11.4 Å². The van der Waals surface area contributed by atoms with Crippen molar-refractivity contribution in [3.05, 3.63) is 33.9 Å². The minimum atomic E-state index is -0.547. The molecule has 0 bridgehead atoms. The monoisotopic (exact) mass is 264 g/mol. The highest BCUT2D eigenvalue weighted by molar-refractivity contribution is 7.80. The van der Waals surface area contributed by atoms with Crippen LogP contribution in [0.15, 0.2) is 18.2 Å². The van der Waals surface area contributed by atoms with Crippen LogP contribution < -0.4 is 5.32 Å². The second-order valence-corrected chi connectivity index (χ2v) is 3.89. The molecule has 0 unspecified atom stereocenters. The fraction of sp³-hybridized carbons (Fsp3) is 0.250. The van der Waals surface area contributed by atoms with E-state index in [4.69, 9.17) is 0 Å². The molecule has 1 aromatic carbocycles. The maximum atomic E-state index is 10.9. The number of nitrogens with one attached hydrogen (secondary N) is 1. The first-order chi connectivity index (χ1) is 8.54. The third-order valence-electron chi connectivity index (χ3n) is 1.97. The van der Waals surface area contributed by atoms with E-state index in [1.54, 1.807) is 6.07 Å². The van der Waals surface area contributed by atoms with Gasteiger partial charge in [-0.2, -0.15) is 12.6 Å². The van der Waals surface area contributed by atoms with E-state index in [1.807, 2.05) is 0 Å². The molecule has 6 heteroatoms. The van der Waals surface area contributed by atoms with Gasteiger partial charge in [0.15, 0.2) is 0 Å². The lowest BCUT2D eigenvalue weighted by Gasteiger charge is -2.03. The summed E-state index contributed by atoms with van der Waals surface area (Å²) in [7, 11) is 0. The number of benzene rings is 1. The zero-order valence-corrected chi connectivity index (χ0v) is 10.7. The molecular weight excluding hydrogens is 252 g/mol. The van der Waals surface area contributed by atoms with Crippen LogP contribution in [-0.4, -0.2) is 16.6 Å². The summed E-state index contributed by atoms with van der Waals surface area (Å²) in [4.78, 5) is 21.2. The molecule has 0 fully saturated rings. The minimum Gasteiger partial charge on any atom is -0.321 e. The zero-order valence-electron chi connectivity index (χ0n) is 9.77. The minimum absolute atomic E-state index is 0.164. The van der Waals surface area contributed by atoms with Gasteiger partial charge in [-0.05, 0) is 12.1 Å². The quantitative estimate of drug-likeness (QED) is 0.380. The van der Waals surface area contributed by atoms with Crippen molar-refractivity contribution in [3.8, 4) is 11.8 Å². The topological polar surface area (TPSA) is 72.2 Å². The molecule has 1 rings (SSSR count). The fourth-order valence-electron chi connectivity index (χ4n) is 1.28. The Balaban J connectivity index is 3.08. The molecule has 0 spiro atoms. The predicted molar refractivity (Wildman–Crippen MR) is 72.7 cm³/mol. The zero-order chi connectivity index (χ0) is 13.5. The average Bonchev–Trinajstić information content (AvgIpc) is 2.30. The van der Waals surface area contributed by atoms with Gasteiger partial charge in [-0.3, -0.25) is 14.9 Å². The number of rotatable bonds is 3. The second-order valence-electron chi connectivity index (χ2n) is 3.45. The first-order valence-corrected chi connectivity index (χ1v) is 5.83. The van der Waals surface area contributed by atoms with Gasteiger partial charge in [0.25, 0.3) is 5.69 Å². The molecule has 0 aliphatic rings. The molecular formula is C12H12N2O3S. The first-order valence-electron chi connectivity index (χ1n) is 5.20. The predicted octanol–water partition coefficient (Wildman–Crippen LogP) is 2.22. The Hall–Kier alpha value is -2.00. The van der Waals surface area contributed by atoms with Crippen LogP contribution in [0.25, 0.3) is 0 Å². The summed E-state index contributed by atoms with van der Waals surface area (Å²) in [5.41, 5.74) is 0.549. The molecule has 0 aromatic heterocycles. The molecule has 0 aliphatic heterocycles. The van der Waals surface area contributed by atoms with Crippen LogP contribution in [-0.2, 0) is 4.79 Å². The fourth-order valence-corrected chi connectivity index (χ4v) is 1.39. The Morgan fingerprint density at radius 3 is 2.83 bits per heavy atom. The molecule has 0 saturated heterocycles. The number of hydrogen-bond donors (Lipinski definition) is 2. The number of nitrogens with zero attached hydrogens (tertiary/aromatic N) is 1. The second kappa shape index (κ2) is 6.67. The Morgan fingerprint density at radius 2 is 2.28 bits per heavy atom. The van der Waals surface area contributed by atoms with Crippen LogP contribution in [0.1, 0.15) is 18.9 Å². The summed E-state index contributed by atoms with van der Waals surface area (Å²) >= 11 is 4.02. The van der Waals surface area contributed by atoms with Crippen molar-refractivity contribution in [1.29, 1.82) is 0 Å². The number of hydrogen-bond acceptors (Lipinski definition) is 4. The molecule has 0 saturated carbocycles. The molecule has 94 valence electrons. The molecule has 5 nitrogen and oxygen atoms in total. The third-order valence-corrected chi connectivity index (χ3v) is 2.20. The number of amides is 1. The van der Waals surface area contributed by atoms with Crippen molar-refractivity contribution in [2.45, 2.75) is 13.3 Å². The van der Waals surface area contributed by atoms with Crippen LogP contribution in [0, 0.1) is 22.0 Å². The Labute approximate surface area is 110 Å². The Bertz CT molecular complexity index is 532. The van der Waals surface area contributed by atoms with E-state index in [-0.39, 0.29) is 17.3 Å². The van der Waals surface area contributed by atoms with Crippen LogP contribution in [0.2, 0.25) is 0 Å². The number of carbonyl (C=O) groups is 1. The van der Waals surface area contributed by atoms with Gasteiger partial charge in [-0.15, -0.1) is 0 Å². The van der Waals surface area contributed by atoms with E-state index in [9.17, 15) is 14.9 Å². The van der Waals surface area contributed by atoms with Gasteiger partial charge in [0, 0.05) is 30.7 Å². The van der Waals surface area contributed by atoms with Crippen molar-refractivity contribution in [2.24, 2.45) is 0 Å². The van der Waals surface area contributed by atoms with Gasteiger partial charge in [0.1, 0.15) is 5.69 Å². The van der Waals surface area contributed by atoms with Crippen molar-refractivity contribution < 1.29 is 9.72 Å². The van der Waals surface area contributed by atoms with Gasteiger partial charge in [0.2, 0.25) is 5.91 Å². The molecule has 0 radical (unpaired) electrons. The van der Waals surface area contributed by atoms with Crippen LogP contribution in [0.5, 0.6) is 0 Å². The van der Waals surface area contributed by atoms with Gasteiger partial charge in [0.05, 0.1) is 4.92 Å². The smallest absolute Gasteiger partial charge is 0.293 e. The third kappa shape index (κ3) is 4.11. The van der Waals surface area contributed by atoms with E-state index in [2.05, 4.69) is 29.8 Å². The summed E-state index contributed by atoms with van der Waals surface area (Å²) in [6.45, 7) is 1.30. The van der Waals surface area contributed by atoms with Crippen molar-refractivity contribution in [1.82, 2.24) is 0 Å². The standard InChI is InChI=1S/C12H12N2O3S/c1-9(15)13-11-6-5-10(4-2-3-7-18)8-12(11)14(16)17/h5-6,8,18H,3,7H2,1H3,(H,13,15). The Kier molecular flexibility index (Phi) is 5.21. The van der Waals surface area contributed by atoms with E-state index in [0.717, 1.165) is 0 Å². The van der Waals surface area contributed by atoms with Gasteiger partial charge in [-0.25, -0.2) is 0 Å². The lowest BCUT2D eigenvalue weighted by Crippen LogP contribution is -2.08. The number of nitro groups is 1. The number of nitro benzene ring substituents is 1. The molecule has 0 aliphatic carbocycles. The molecule has 1 amide bonds. The SMILES string of the molecule is CC(=O)Nc1ccc(C#CCCS)cc1[N+](=O)[O-]. The summed E-state index contributed by atoms with van der Waals surface area (Å²) < 4.78 is 0. The van der Waals surface area contributed by atoms with E-state index >= 15 is 0 Å². The van der Waals surface area contributed by atoms with Crippen molar-refractivity contribution in [3.63, 3.8) is 0 Å². The lowest BCUT2D eigenvalue weighted by atomic mass is 10.1. The molecule has 0 atom stereocenters. The number of carbonyl (C=O) groups excluding carboxylic acids is 1. The summed E-state index contributed by atoms with van der Waals surface area (Å²) in [5.74, 6) is 5.93.